The van der Waals surface area contributed by atoms with E-state index in [-0.39, 0.29) is 0 Å². The van der Waals surface area contributed by atoms with Crippen LogP contribution in [0.1, 0.15) is 5.56 Å². The van der Waals surface area contributed by atoms with Crippen LogP contribution in [0.25, 0.3) is 39.5 Å². The molecule has 168 valence electrons. The van der Waals surface area contributed by atoms with Crippen molar-refractivity contribution in [3.05, 3.63) is 115 Å². The van der Waals surface area contributed by atoms with Gasteiger partial charge in [-0.15, -0.1) is 9.36 Å². The maximum Gasteiger partial charge on any atom is 0.467 e. The van der Waals surface area contributed by atoms with Gasteiger partial charge in [-0.2, -0.15) is 5.10 Å². The average molecular weight is 467 g/mol. The SMILES string of the molecule is c1ccc(-c2ccc(-c3cc4n(n3)C35c6c(cccc6-n6cnc[n+]63)Oc3cccc-4[n+]35)cc2)cc1. The van der Waals surface area contributed by atoms with Crippen molar-refractivity contribution >= 4 is 0 Å². The molecule has 3 aromatic carbocycles. The van der Waals surface area contributed by atoms with Crippen molar-refractivity contribution in [2.24, 2.45) is 0 Å². The lowest BCUT2D eigenvalue weighted by Crippen LogP contribution is -2.76. The van der Waals surface area contributed by atoms with Crippen LogP contribution < -0.4 is 14.0 Å². The quantitative estimate of drug-likeness (QED) is 0.360. The molecular weight excluding hydrogens is 448 g/mol. The molecule has 0 fully saturated rings. The standard InChI is InChI=1S/C29H18N6O/c1-2-6-19(7-3-1)20-12-14-21(15-13-20)22-16-25-23-8-5-11-27-34(23)29(35(25)31-22)28-24(9-4-10-26(28)36-27)32-17-30-18-33(29)32/h1-18H/q+2. The highest BCUT2D eigenvalue weighted by atomic mass is 16.5. The Hall–Kier alpha value is -5.04. The molecule has 0 amide bonds. The van der Waals surface area contributed by atoms with Crippen molar-refractivity contribution < 1.29 is 14.0 Å². The number of hydrogen-bond acceptors (Lipinski definition) is 3. The zero-order valence-electron chi connectivity index (χ0n) is 19.0. The molecule has 3 aliphatic rings. The van der Waals surface area contributed by atoms with Crippen molar-refractivity contribution in [3.8, 4) is 51.1 Å². The number of nitrogens with zero attached hydrogens (tertiary/aromatic N) is 6. The predicted octanol–water partition coefficient (Wildman–Crippen LogP) is 4.13. The first-order chi connectivity index (χ1) is 17.8. The van der Waals surface area contributed by atoms with Gasteiger partial charge in [0.05, 0.1) is 11.8 Å². The van der Waals surface area contributed by atoms with E-state index in [9.17, 15) is 0 Å². The van der Waals surface area contributed by atoms with Crippen LogP contribution in [0.15, 0.2) is 110 Å². The first-order valence-electron chi connectivity index (χ1n) is 11.9. The highest BCUT2D eigenvalue weighted by molar-refractivity contribution is 5.72. The molecule has 0 radical (unpaired) electrons. The second-order valence-electron chi connectivity index (χ2n) is 9.31. The summed E-state index contributed by atoms with van der Waals surface area (Å²) in [4.78, 5) is 4.49. The van der Waals surface area contributed by atoms with E-state index in [0.717, 1.165) is 45.5 Å². The van der Waals surface area contributed by atoms with Crippen LogP contribution in [0, 0.1) is 0 Å². The Morgan fingerprint density at radius 1 is 0.778 bits per heavy atom. The summed E-state index contributed by atoms with van der Waals surface area (Å²) in [5, 5.41) is 5.24. The van der Waals surface area contributed by atoms with Gasteiger partial charge < -0.3 is 4.74 Å². The van der Waals surface area contributed by atoms with Crippen molar-refractivity contribution in [1.82, 2.24) is 19.4 Å². The molecule has 0 saturated heterocycles. The molecule has 3 aromatic heterocycles. The molecule has 1 spiro atoms. The predicted molar refractivity (Wildman–Crippen MR) is 130 cm³/mol. The molecule has 6 aromatic rings. The Kier molecular flexibility index (Phi) is 3.12. The first kappa shape index (κ1) is 18.3. The molecule has 6 heterocycles. The third kappa shape index (κ3) is 1.98. The van der Waals surface area contributed by atoms with E-state index in [1.165, 1.54) is 11.1 Å². The summed E-state index contributed by atoms with van der Waals surface area (Å²) >= 11 is 0. The van der Waals surface area contributed by atoms with E-state index in [1.807, 2.05) is 43.0 Å². The lowest BCUT2D eigenvalue weighted by molar-refractivity contribution is -1.01. The van der Waals surface area contributed by atoms with E-state index in [4.69, 9.17) is 9.84 Å². The summed E-state index contributed by atoms with van der Waals surface area (Å²) in [7, 11) is 0. The van der Waals surface area contributed by atoms with Crippen LogP contribution in [0.4, 0.5) is 0 Å². The van der Waals surface area contributed by atoms with Gasteiger partial charge in [-0.3, -0.25) is 0 Å². The topological polar surface area (TPSA) is 52.6 Å². The van der Waals surface area contributed by atoms with Crippen molar-refractivity contribution in [3.63, 3.8) is 0 Å². The number of rotatable bonds is 2. The van der Waals surface area contributed by atoms with Crippen molar-refractivity contribution in [2.45, 2.75) is 5.79 Å². The third-order valence-electron chi connectivity index (χ3n) is 7.53. The highest BCUT2D eigenvalue weighted by Crippen LogP contribution is 2.48. The number of aromatic nitrogens is 6. The van der Waals surface area contributed by atoms with Crippen LogP contribution >= 0.6 is 0 Å². The second-order valence-corrected chi connectivity index (χ2v) is 9.31. The fourth-order valence-corrected chi connectivity index (χ4v) is 6.05. The zero-order chi connectivity index (χ0) is 23.4. The molecular formula is C29H18N6O+2. The molecule has 3 aliphatic heterocycles. The smallest absolute Gasteiger partial charge is 0.404 e. The summed E-state index contributed by atoms with van der Waals surface area (Å²) in [5.74, 6) is 0.848. The minimum atomic E-state index is -0.760. The molecule has 7 nitrogen and oxygen atoms in total. The van der Waals surface area contributed by atoms with E-state index in [0.29, 0.717) is 0 Å². The van der Waals surface area contributed by atoms with Gasteiger partial charge in [-0.1, -0.05) is 69.9 Å². The molecule has 0 N–H and O–H groups in total. The minimum Gasteiger partial charge on any atom is -0.404 e. The maximum atomic E-state index is 6.40. The molecule has 0 aliphatic carbocycles. The van der Waals surface area contributed by atoms with Crippen molar-refractivity contribution in [1.29, 1.82) is 0 Å². The highest BCUT2D eigenvalue weighted by Gasteiger charge is 2.70. The Bertz CT molecular complexity index is 1870. The Labute approximate surface area is 205 Å². The summed E-state index contributed by atoms with van der Waals surface area (Å²) in [5.41, 5.74) is 8.58. The van der Waals surface area contributed by atoms with E-state index in [1.54, 1.807) is 0 Å². The van der Waals surface area contributed by atoms with E-state index >= 15 is 0 Å². The Morgan fingerprint density at radius 3 is 2.47 bits per heavy atom. The molecule has 1 unspecified atom stereocenters. The first-order valence-corrected chi connectivity index (χ1v) is 11.9. The molecule has 36 heavy (non-hydrogen) atoms. The molecule has 0 bridgehead atoms. The van der Waals surface area contributed by atoms with Crippen LogP contribution in [0.5, 0.6) is 11.6 Å². The normalized spacial score (nSPS) is 17.2. The zero-order valence-corrected chi connectivity index (χ0v) is 19.0. The van der Waals surface area contributed by atoms with Gasteiger partial charge in [0.15, 0.2) is 11.3 Å². The maximum absolute atomic E-state index is 6.40. The molecule has 9 rings (SSSR count). The summed E-state index contributed by atoms with van der Waals surface area (Å²) in [6, 6.07) is 33.6. The lowest BCUT2D eigenvalue weighted by atomic mass is 10.0. The number of fused-ring (bicyclic) bond motifs is 4. The van der Waals surface area contributed by atoms with Gasteiger partial charge >= 0.3 is 18.0 Å². The van der Waals surface area contributed by atoms with Crippen molar-refractivity contribution in [2.75, 3.05) is 0 Å². The van der Waals surface area contributed by atoms with Gasteiger partial charge in [0.2, 0.25) is 12.0 Å². The van der Waals surface area contributed by atoms with Gasteiger partial charge in [-0.25, -0.2) is 0 Å². The number of benzene rings is 3. The number of hydrogen-bond donors (Lipinski definition) is 0. The van der Waals surface area contributed by atoms with Gasteiger partial charge in [0.1, 0.15) is 11.4 Å². The van der Waals surface area contributed by atoms with E-state index < -0.39 is 5.79 Å². The van der Waals surface area contributed by atoms with Crippen LogP contribution in [0.2, 0.25) is 0 Å². The summed E-state index contributed by atoms with van der Waals surface area (Å²) in [6.45, 7) is 0. The Balaban J connectivity index is 1.30. The third-order valence-corrected chi connectivity index (χ3v) is 7.53. The minimum absolute atomic E-state index is 0.760. The summed E-state index contributed by atoms with van der Waals surface area (Å²) in [6.07, 6.45) is 3.71. The fourth-order valence-electron chi connectivity index (χ4n) is 6.05. The fraction of sp³-hybridized carbons (Fsp3) is 0.0345. The largest absolute Gasteiger partial charge is 0.467 e. The van der Waals surface area contributed by atoms with Crippen LogP contribution in [0.3, 0.4) is 0 Å². The lowest BCUT2D eigenvalue weighted by Gasteiger charge is -2.24. The number of ether oxygens (including phenoxy) is 1. The van der Waals surface area contributed by atoms with Crippen LogP contribution in [-0.4, -0.2) is 19.4 Å². The van der Waals surface area contributed by atoms with Gasteiger partial charge in [0.25, 0.3) is 0 Å². The van der Waals surface area contributed by atoms with E-state index in [2.05, 4.69) is 90.3 Å². The van der Waals surface area contributed by atoms with Gasteiger partial charge in [0, 0.05) is 11.6 Å². The monoisotopic (exact) mass is 466 g/mol. The van der Waals surface area contributed by atoms with Crippen LogP contribution in [-0.2, 0) is 5.79 Å². The van der Waals surface area contributed by atoms with Gasteiger partial charge in [-0.05, 0) is 40.4 Å². The molecule has 0 saturated carbocycles. The molecule has 7 heteroatoms. The second kappa shape index (κ2) is 6.14. The summed E-state index contributed by atoms with van der Waals surface area (Å²) < 4.78 is 15.0. The Morgan fingerprint density at radius 2 is 1.58 bits per heavy atom. The molecule has 1 atom stereocenters. The average Bonchev–Trinajstić information content (AvgIpc) is 3.69. The number of pyridine rings is 1.